The summed E-state index contributed by atoms with van der Waals surface area (Å²) in [7, 11) is -3.30. The third-order valence-corrected chi connectivity index (χ3v) is 7.73. The number of aryl methyl sites for hydroxylation is 1. The minimum atomic E-state index is -3.30. The maximum Gasteiger partial charge on any atom is 0.230 e. The van der Waals surface area contributed by atoms with Gasteiger partial charge in [0, 0.05) is 37.5 Å². The Morgan fingerprint density at radius 3 is 3.04 bits per heavy atom. The number of para-hydroxylation sites is 1. The summed E-state index contributed by atoms with van der Waals surface area (Å²) in [4.78, 5) is 12.9. The first-order chi connectivity index (χ1) is 13.5. The van der Waals surface area contributed by atoms with E-state index in [0.717, 1.165) is 17.3 Å². The number of hydrogen-bond acceptors (Lipinski definition) is 5. The van der Waals surface area contributed by atoms with Crippen LogP contribution in [0.1, 0.15) is 13.3 Å². The van der Waals surface area contributed by atoms with Crippen molar-refractivity contribution < 1.29 is 17.9 Å². The smallest absolute Gasteiger partial charge is 0.230 e. The number of hydrogen-bond donors (Lipinski definition) is 1. The predicted molar refractivity (Wildman–Crippen MR) is 105 cm³/mol. The van der Waals surface area contributed by atoms with Gasteiger partial charge in [0.05, 0.1) is 36.1 Å². The minimum Gasteiger partial charge on any atom is -0.380 e. The zero-order chi connectivity index (χ0) is 19.8. The van der Waals surface area contributed by atoms with Gasteiger partial charge in [0.2, 0.25) is 15.9 Å². The lowest BCUT2D eigenvalue weighted by atomic mass is 9.80. The van der Waals surface area contributed by atoms with Crippen molar-refractivity contribution in [2.24, 2.45) is 11.3 Å². The van der Waals surface area contributed by atoms with Crippen LogP contribution in [0.3, 0.4) is 0 Å². The van der Waals surface area contributed by atoms with Crippen LogP contribution in [0.25, 0.3) is 10.9 Å². The molecule has 8 nitrogen and oxygen atoms in total. The van der Waals surface area contributed by atoms with E-state index in [1.807, 2.05) is 35.1 Å². The molecule has 0 radical (unpaired) electrons. The van der Waals surface area contributed by atoms with Gasteiger partial charge in [-0.15, -0.1) is 0 Å². The molecule has 4 rings (SSSR count). The van der Waals surface area contributed by atoms with Gasteiger partial charge in [-0.2, -0.15) is 5.10 Å². The van der Waals surface area contributed by atoms with Gasteiger partial charge in [-0.05, 0) is 19.4 Å². The number of nitrogens with one attached hydrogen (secondary N) is 1. The van der Waals surface area contributed by atoms with Gasteiger partial charge in [-0.1, -0.05) is 18.2 Å². The fraction of sp³-hybridized carbons (Fsp3) is 0.579. The molecule has 2 aliphatic heterocycles. The maximum atomic E-state index is 12.9. The van der Waals surface area contributed by atoms with Gasteiger partial charge in [-0.3, -0.25) is 9.48 Å². The summed E-state index contributed by atoms with van der Waals surface area (Å²) in [5, 5.41) is 8.50. The molecule has 0 bridgehead atoms. The molecule has 1 aromatic carbocycles. The highest BCUT2D eigenvalue weighted by molar-refractivity contribution is 7.89. The van der Waals surface area contributed by atoms with Crippen LogP contribution in [0.5, 0.6) is 0 Å². The van der Waals surface area contributed by atoms with Crippen molar-refractivity contribution in [3.8, 4) is 0 Å². The molecule has 0 aliphatic carbocycles. The molecule has 1 N–H and O–H groups in total. The molecule has 1 amide bonds. The molecule has 2 saturated heterocycles. The molecule has 9 heteroatoms. The molecule has 28 heavy (non-hydrogen) atoms. The Morgan fingerprint density at radius 2 is 2.21 bits per heavy atom. The fourth-order valence-corrected chi connectivity index (χ4v) is 5.42. The molecule has 0 saturated carbocycles. The molecule has 2 aliphatic rings. The molecule has 3 heterocycles. The molecular weight excluding hydrogens is 380 g/mol. The second-order valence-electron chi connectivity index (χ2n) is 7.60. The Morgan fingerprint density at radius 1 is 1.39 bits per heavy atom. The van der Waals surface area contributed by atoms with Gasteiger partial charge in [-0.25, -0.2) is 12.7 Å². The Balaban J connectivity index is 1.35. The maximum absolute atomic E-state index is 12.9. The number of benzene rings is 1. The zero-order valence-corrected chi connectivity index (χ0v) is 16.8. The van der Waals surface area contributed by atoms with E-state index in [2.05, 4.69) is 10.4 Å². The van der Waals surface area contributed by atoms with Gasteiger partial charge < -0.3 is 10.1 Å². The second-order valence-corrected chi connectivity index (χ2v) is 9.85. The standard InChI is InChI=1S/C19H26N4O4S/c1-2-28(25,26)22-11-16-12-27-14-19(16,13-22)18(24)20-8-5-9-23-17-7-4-3-6-15(17)10-21-23/h3-4,6-7,10,16H,2,5,8-9,11-14H2,1H3,(H,20,24)/t16?,19-/m1/s1. The number of ether oxygens (including phenoxy) is 1. The molecule has 1 aromatic heterocycles. The van der Waals surface area contributed by atoms with Gasteiger partial charge in [0.15, 0.2) is 0 Å². The van der Waals surface area contributed by atoms with Crippen LogP contribution in [0, 0.1) is 11.3 Å². The minimum absolute atomic E-state index is 0.0517. The van der Waals surface area contributed by atoms with Gasteiger partial charge >= 0.3 is 0 Å². The van der Waals surface area contributed by atoms with Crippen molar-refractivity contribution in [3.05, 3.63) is 30.5 Å². The van der Waals surface area contributed by atoms with Crippen LogP contribution >= 0.6 is 0 Å². The van der Waals surface area contributed by atoms with E-state index in [0.29, 0.717) is 26.2 Å². The van der Waals surface area contributed by atoms with Crippen molar-refractivity contribution in [1.82, 2.24) is 19.4 Å². The van der Waals surface area contributed by atoms with Crippen molar-refractivity contribution in [2.45, 2.75) is 19.9 Å². The first-order valence-electron chi connectivity index (χ1n) is 9.71. The molecule has 0 spiro atoms. The lowest BCUT2D eigenvalue weighted by molar-refractivity contribution is -0.131. The number of nitrogens with zero attached hydrogens (tertiary/aromatic N) is 3. The first-order valence-corrected chi connectivity index (χ1v) is 11.3. The molecule has 1 unspecified atom stereocenters. The SMILES string of the molecule is CCS(=O)(=O)N1CC2COC[C@]2(C(=O)NCCCn2ncc3ccccc32)C1. The van der Waals surface area contributed by atoms with Crippen molar-refractivity contribution >= 4 is 26.8 Å². The number of carbonyl (C=O) groups excluding carboxylic acids is 1. The van der Waals surface area contributed by atoms with E-state index in [9.17, 15) is 13.2 Å². The summed E-state index contributed by atoms with van der Waals surface area (Å²) in [6, 6.07) is 8.02. The van der Waals surface area contributed by atoms with Crippen LogP contribution in [0.15, 0.2) is 30.5 Å². The quantitative estimate of drug-likeness (QED) is 0.688. The summed E-state index contributed by atoms with van der Waals surface area (Å²) in [5.74, 6) is -0.131. The number of amides is 1. The number of aromatic nitrogens is 2. The summed E-state index contributed by atoms with van der Waals surface area (Å²) in [5.41, 5.74) is 0.313. The second kappa shape index (κ2) is 7.46. The number of sulfonamides is 1. The van der Waals surface area contributed by atoms with Crippen LogP contribution in [0.4, 0.5) is 0 Å². The molecule has 2 fully saturated rings. The van der Waals surface area contributed by atoms with E-state index in [1.54, 1.807) is 6.92 Å². The highest BCUT2D eigenvalue weighted by Gasteiger charge is 2.57. The Bertz CT molecular complexity index is 973. The lowest BCUT2D eigenvalue weighted by Gasteiger charge is -2.25. The van der Waals surface area contributed by atoms with E-state index in [1.165, 1.54) is 4.31 Å². The average Bonchev–Trinajstić information content (AvgIpc) is 3.38. The fourth-order valence-electron chi connectivity index (χ4n) is 4.22. The summed E-state index contributed by atoms with van der Waals surface area (Å²) in [6.07, 6.45) is 2.59. The number of fused-ring (bicyclic) bond motifs is 2. The van der Waals surface area contributed by atoms with E-state index >= 15 is 0 Å². The van der Waals surface area contributed by atoms with E-state index in [4.69, 9.17) is 4.74 Å². The molecule has 2 atom stereocenters. The Hall–Kier alpha value is -1.97. The first kappa shape index (κ1) is 19.4. The summed E-state index contributed by atoms with van der Waals surface area (Å²) in [6.45, 7) is 4.14. The normalized spacial score (nSPS) is 25.2. The topological polar surface area (TPSA) is 93.5 Å². The van der Waals surface area contributed by atoms with Gasteiger partial charge in [0.1, 0.15) is 0 Å². The van der Waals surface area contributed by atoms with Gasteiger partial charge in [0.25, 0.3) is 0 Å². The van der Waals surface area contributed by atoms with Crippen molar-refractivity contribution in [3.63, 3.8) is 0 Å². The Labute approximate surface area is 164 Å². The molecular formula is C19H26N4O4S. The highest BCUT2D eigenvalue weighted by atomic mass is 32.2. The number of rotatable bonds is 7. The van der Waals surface area contributed by atoms with Crippen LogP contribution < -0.4 is 5.32 Å². The van der Waals surface area contributed by atoms with Crippen molar-refractivity contribution in [2.75, 3.05) is 38.6 Å². The predicted octanol–water partition coefficient (Wildman–Crippen LogP) is 0.841. The van der Waals surface area contributed by atoms with Crippen molar-refractivity contribution in [1.29, 1.82) is 0 Å². The molecule has 2 aromatic rings. The van der Waals surface area contributed by atoms with Crippen LogP contribution in [0.2, 0.25) is 0 Å². The Kier molecular flexibility index (Phi) is 5.15. The third-order valence-electron chi connectivity index (χ3n) is 5.94. The van der Waals surface area contributed by atoms with E-state index in [-0.39, 0.29) is 30.7 Å². The molecule has 152 valence electrons. The zero-order valence-electron chi connectivity index (χ0n) is 16.0. The van der Waals surface area contributed by atoms with Crippen LogP contribution in [-0.4, -0.2) is 67.0 Å². The summed E-state index contributed by atoms with van der Waals surface area (Å²) < 4.78 is 33.4. The monoisotopic (exact) mass is 406 g/mol. The summed E-state index contributed by atoms with van der Waals surface area (Å²) >= 11 is 0. The van der Waals surface area contributed by atoms with Crippen LogP contribution in [-0.2, 0) is 26.1 Å². The van der Waals surface area contributed by atoms with E-state index < -0.39 is 15.4 Å². The third kappa shape index (κ3) is 3.31. The largest absolute Gasteiger partial charge is 0.380 e. The lowest BCUT2D eigenvalue weighted by Crippen LogP contribution is -2.47. The average molecular weight is 407 g/mol. The number of carbonyl (C=O) groups is 1. The highest BCUT2D eigenvalue weighted by Crippen LogP contribution is 2.42.